The highest BCUT2D eigenvalue weighted by Crippen LogP contribution is 2.31. The third-order valence-corrected chi connectivity index (χ3v) is 5.00. The van der Waals surface area contributed by atoms with Gasteiger partial charge in [0.05, 0.1) is 11.1 Å². The lowest BCUT2D eigenvalue weighted by Gasteiger charge is -2.15. The van der Waals surface area contributed by atoms with Crippen LogP contribution in [0.15, 0.2) is 60.9 Å². The fraction of sp³-hybridized carbons (Fsp3) is 0.261. The number of allylic oxidation sites excluding steroid dienone is 2. The molecule has 1 N–H and O–H groups in total. The number of pyridine rings is 2. The first kappa shape index (κ1) is 17.4. The van der Waals surface area contributed by atoms with E-state index in [1.807, 2.05) is 30.3 Å². The van der Waals surface area contributed by atoms with Crippen LogP contribution in [0.2, 0.25) is 0 Å². The van der Waals surface area contributed by atoms with Crippen LogP contribution < -0.4 is 5.32 Å². The Morgan fingerprint density at radius 3 is 2.85 bits per heavy atom. The highest BCUT2D eigenvalue weighted by Gasteiger charge is 2.12. The zero-order valence-electron chi connectivity index (χ0n) is 15.3. The van der Waals surface area contributed by atoms with E-state index in [9.17, 15) is 4.79 Å². The summed E-state index contributed by atoms with van der Waals surface area (Å²) in [4.78, 5) is 21.4. The van der Waals surface area contributed by atoms with E-state index in [-0.39, 0.29) is 5.91 Å². The second kappa shape index (κ2) is 8.12. The topological polar surface area (TPSA) is 54.9 Å². The number of aromatic nitrogens is 2. The molecule has 2 heterocycles. The molecule has 0 aliphatic heterocycles. The molecule has 0 fully saturated rings. The SMILES string of the molecule is O=C(NCCc1ccccn1)c1cnc2c(C3=CCCCC3)cccc2c1. The molecule has 0 atom stereocenters. The van der Waals surface area contributed by atoms with Crippen LogP contribution in [0.5, 0.6) is 0 Å². The number of para-hydroxylation sites is 1. The van der Waals surface area contributed by atoms with Gasteiger partial charge in [0, 0.05) is 42.0 Å². The van der Waals surface area contributed by atoms with Crippen molar-refractivity contribution in [1.29, 1.82) is 0 Å². The van der Waals surface area contributed by atoms with Gasteiger partial charge in [-0.2, -0.15) is 0 Å². The van der Waals surface area contributed by atoms with Crippen molar-refractivity contribution in [2.45, 2.75) is 32.1 Å². The molecule has 0 unspecified atom stereocenters. The van der Waals surface area contributed by atoms with Crippen LogP contribution in [0.1, 0.15) is 47.3 Å². The van der Waals surface area contributed by atoms with Crippen molar-refractivity contribution < 1.29 is 4.79 Å². The van der Waals surface area contributed by atoms with Gasteiger partial charge in [-0.15, -0.1) is 0 Å². The number of carbonyl (C=O) groups is 1. The zero-order valence-corrected chi connectivity index (χ0v) is 15.3. The van der Waals surface area contributed by atoms with Gasteiger partial charge in [0.1, 0.15) is 0 Å². The highest BCUT2D eigenvalue weighted by molar-refractivity contribution is 5.99. The van der Waals surface area contributed by atoms with Crippen LogP contribution in [0.3, 0.4) is 0 Å². The predicted molar refractivity (Wildman–Crippen MR) is 108 cm³/mol. The molecule has 0 radical (unpaired) electrons. The lowest BCUT2D eigenvalue weighted by atomic mass is 9.92. The van der Waals surface area contributed by atoms with E-state index in [4.69, 9.17) is 0 Å². The second-order valence-electron chi connectivity index (χ2n) is 6.90. The Morgan fingerprint density at radius 1 is 1.07 bits per heavy atom. The van der Waals surface area contributed by atoms with Gasteiger partial charge in [0.25, 0.3) is 5.91 Å². The normalized spacial score (nSPS) is 14.0. The number of hydrogen-bond acceptors (Lipinski definition) is 3. The van der Waals surface area contributed by atoms with Gasteiger partial charge in [-0.25, -0.2) is 0 Å². The van der Waals surface area contributed by atoms with Crippen LogP contribution >= 0.6 is 0 Å². The van der Waals surface area contributed by atoms with E-state index in [0.29, 0.717) is 18.5 Å². The number of carbonyl (C=O) groups excluding carboxylic acids is 1. The average Bonchev–Trinajstić information content (AvgIpc) is 2.74. The Bertz CT molecular complexity index is 979. The lowest BCUT2D eigenvalue weighted by molar-refractivity contribution is 0.0954. The summed E-state index contributed by atoms with van der Waals surface area (Å²) >= 11 is 0. The maximum Gasteiger partial charge on any atom is 0.252 e. The summed E-state index contributed by atoms with van der Waals surface area (Å²) in [6, 6.07) is 14.0. The number of rotatable bonds is 5. The lowest BCUT2D eigenvalue weighted by Crippen LogP contribution is -2.26. The first-order valence-corrected chi connectivity index (χ1v) is 9.57. The van der Waals surface area contributed by atoms with Crippen LogP contribution in [-0.2, 0) is 6.42 Å². The Balaban J connectivity index is 1.49. The quantitative estimate of drug-likeness (QED) is 0.728. The molecule has 0 bridgehead atoms. The Hall–Kier alpha value is -3.01. The molecule has 0 saturated heterocycles. The number of fused-ring (bicyclic) bond motifs is 1. The zero-order chi connectivity index (χ0) is 18.5. The molecule has 0 saturated carbocycles. The largest absolute Gasteiger partial charge is 0.352 e. The summed E-state index contributed by atoms with van der Waals surface area (Å²) < 4.78 is 0. The van der Waals surface area contributed by atoms with Crippen molar-refractivity contribution >= 4 is 22.4 Å². The minimum Gasteiger partial charge on any atom is -0.352 e. The fourth-order valence-corrected chi connectivity index (χ4v) is 3.58. The molecule has 1 amide bonds. The molecular formula is C23H23N3O. The van der Waals surface area contributed by atoms with E-state index in [0.717, 1.165) is 29.4 Å². The molecule has 1 aliphatic carbocycles. The molecule has 4 nitrogen and oxygen atoms in total. The predicted octanol–water partition coefficient (Wildman–Crippen LogP) is 4.56. The summed E-state index contributed by atoms with van der Waals surface area (Å²) in [6.45, 7) is 0.556. The fourth-order valence-electron chi connectivity index (χ4n) is 3.58. The van der Waals surface area contributed by atoms with Gasteiger partial charge in [0.2, 0.25) is 0 Å². The summed E-state index contributed by atoms with van der Waals surface area (Å²) in [7, 11) is 0. The summed E-state index contributed by atoms with van der Waals surface area (Å²) in [6.07, 6.45) is 11.3. The smallest absolute Gasteiger partial charge is 0.252 e. The Labute approximate surface area is 159 Å². The maximum atomic E-state index is 12.5. The summed E-state index contributed by atoms with van der Waals surface area (Å²) in [5.74, 6) is -0.0948. The van der Waals surface area contributed by atoms with Crippen LogP contribution in [0, 0.1) is 0 Å². The molecule has 1 aliphatic rings. The van der Waals surface area contributed by atoms with E-state index in [2.05, 4.69) is 33.5 Å². The first-order chi connectivity index (χ1) is 13.3. The van der Waals surface area contributed by atoms with Gasteiger partial charge in [0.15, 0.2) is 0 Å². The summed E-state index contributed by atoms with van der Waals surface area (Å²) in [5.41, 5.74) is 5.13. The molecule has 27 heavy (non-hydrogen) atoms. The van der Waals surface area contributed by atoms with Crippen molar-refractivity contribution in [3.8, 4) is 0 Å². The van der Waals surface area contributed by atoms with E-state index in [1.54, 1.807) is 12.4 Å². The van der Waals surface area contributed by atoms with Crippen molar-refractivity contribution in [2.24, 2.45) is 0 Å². The van der Waals surface area contributed by atoms with E-state index >= 15 is 0 Å². The molecule has 3 aromatic rings. The average molecular weight is 357 g/mol. The minimum absolute atomic E-state index is 0.0948. The third kappa shape index (κ3) is 4.05. The number of nitrogens with one attached hydrogen (secondary N) is 1. The van der Waals surface area contributed by atoms with Crippen molar-refractivity contribution in [2.75, 3.05) is 6.54 Å². The Morgan fingerprint density at radius 2 is 2.04 bits per heavy atom. The number of hydrogen-bond donors (Lipinski definition) is 1. The monoisotopic (exact) mass is 357 g/mol. The van der Waals surface area contributed by atoms with E-state index < -0.39 is 0 Å². The number of nitrogens with zero attached hydrogens (tertiary/aromatic N) is 2. The van der Waals surface area contributed by atoms with Gasteiger partial charge in [-0.05, 0) is 49.5 Å². The molecule has 136 valence electrons. The van der Waals surface area contributed by atoms with Gasteiger partial charge in [-0.1, -0.05) is 30.3 Å². The minimum atomic E-state index is -0.0948. The molecular weight excluding hydrogens is 334 g/mol. The standard InChI is InChI=1S/C23H23N3O/c27-23(25-14-12-20-10-4-5-13-24-20)19-15-18-9-6-11-21(22(18)26-16-19)17-7-2-1-3-8-17/h4-7,9-11,13,15-16H,1-3,8,12,14H2,(H,25,27). The second-order valence-corrected chi connectivity index (χ2v) is 6.90. The summed E-state index contributed by atoms with van der Waals surface area (Å²) in [5, 5.41) is 3.97. The maximum absolute atomic E-state index is 12.5. The molecule has 2 aromatic heterocycles. The van der Waals surface area contributed by atoms with Crippen molar-refractivity contribution in [3.05, 3.63) is 77.8 Å². The van der Waals surface area contributed by atoms with Gasteiger partial charge >= 0.3 is 0 Å². The Kier molecular flexibility index (Phi) is 5.24. The van der Waals surface area contributed by atoms with Crippen LogP contribution in [0.4, 0.5) is 0 Å². The molecule has 4 rings (SSSR count). The van der Waals surface area contributed by atoms with Gasteiger partial charge < -0.3 is 5.32 Å². The van der Waals surface area contributed by atoms with Crippen LogP contribution in [-0.4, -0.2) is 22.4 Å². The van der Waals surface area contributed by atoms with Gasteiger partial charge in [-0.3, -0.25) is 14.8 Å². The number of amides is 1. The molecule has 0 spiro atoms. The molecule has 1 aromatic carbocycles. The third-order valence-electron chi connectivity index (χ3n) is 5.00. The number of benzene rings is 1. The van der Waals surface area contributed by atoms with Crippen molar-refractivity contribution in [3.63, 3.8) is 0 Å². The van der Waals surface area contributed by atoms with Crippen LogP contribution in [0.25, 0.3) is 16.5 Å². The van der Waals surface area contributed by atoms with Crippen molar-refractivity contribution in [1.82, 2.24) is 15.3 Å². The van der Waals surface area contributed by atoms with E-state index in [1.165, 1.54) is 24.0 Å². The highest BCUT2D eigenvalue weighted by atomic mass is 16.1. The first-order valence-electron chi connectivity index (χ1n) is 9.57. The molecule has 4 heteroatoms.